The molecule has 0 heterocycles. The van der Waals surface area contributed by atoms with Crippen molar-refractivity contribution < 1.29 is 18.9 Å². The topological polar surface area (TPSA) is 0 Å². The second kappa shape index (κ2) is 11.4. The zero-order chi connectivity index (χ0) is 6.24. The Morgan fingerprint density at radius 3 is 2.22 bits per heavy atom. The van der Waals surface area contributed by atoms with E-state index in [0.717, 1.165) is 0 Å². The van der Waals surface area contributed by atoms with Gasteiger partial charge in [0.25, 0.3) is 0 Å². The van der Waals surface area contributed by atoms with Crippen LogP contribution in [0.15, 0.2) is 0 Å². The van der Waals surface area contributed by atoms with Gasteiger partial charge in [-0.2, -0.15) is 12.8 Å². The van der Waals surface area contributed by atoms with Gasteiger partial charge in [0.2, 0.25) is 0 Å². The van der Waals surface area contributed by atoms with Gasteiger partial charge in [0.15, 0.2) is 0 Å². The van der Waals surface area contributed by atoms with Crippen molar-refractivity contribution in [1.82, 2.24) is 0 Å². The van der Waals surface area contributed by atoms with Gasteiger partial charge in [-0.3, -0.25) is 0 Å². The Kier molecular flexibility index (Phi) is 15.6. The summed E-state index contributed by atoms with van der Waals surface area (Å²) in [5, 5.41) is 0. The summed E-state index contributed by atoms with van der Waals surface area (Å²) in [6.45, 7) is 4.44. The molecule has 0 aliphatic carbocycles. The third-order valence-corrected chi connectivity index (χ3v) is 1.30. The maximum atomic E-state index is 2.36. The molecular formula is C8H17Li. The Bertz CT molecular complexity index is 29.5. The molecule has 9 heavy (non-hydrogen) atoms. The predicted molar refractivity (Wildman–Crippen MR) is 38.7 cm³/mol. The van der Waals surface area contributed by atoms with Crippen molar-refractivity contribution in [3.8, 4) is 0 Å². The fourth-order valence-corrected chi connectivity index (χ4v) is 0.743. The first kappa shape index (κ1) is 12.3. The molecule has 0 aliphatic heterocycles. The van der Waals surface area contributed by atoms with Crippen LogP contribution in [0.4, 0.5) is 0 Å². The van der Waals surface area contributed by atoms with Crippen LogP contribution in [0.3, 0.4) is 0 Å². The Morgan fingerprint density at radius 1 is 1.11 bits per heavy atom. The summed E-state index contributed by atoms with van der Waals surface area (Å²) in [6, 6.07) is 0. The van der Waals surface area contributed by atoms with E-state index in [1.165, 1.54) is 32.1 Å². The third kappa shape index (κ3) is 11.9. The zero-order valence-corrected chi connectivity index (χ0v) is 7.11. The molecule has 50 valence electrons. The van der Waals surface area contributed by atoms with Gasteiger partial charge in [0.05, 0.1) is 0 Å². The van der Waals surface area contributed by atoms with Crippen molar-refractivity contribution in [2.45, 2.75) is 46.0 Å². The molecule has 0 saturated carbocycles. The molecule has 0 rings (SSSR count). The average molecular weight is 120 g/mol. The maximum Gasteiger partial charge on any atom is 1.00 e. The van der Waals surface area contributed by atoms with E-state index in [0.29, 0.717) is 0 Å². The molecule has 0 spiro atoms. The van der Waals surface area contributed by atoms with Crippen molar-refractivity contribution >= 4 is 0 Å². The molecule has 0 nitrogen and oxygen atoms in total. The van der Waals surface area contributed by atoms with Crippen molar-refractivity contribution in [3.05, 3.63) is 6.42 Å². The first-order valence-electron chi connectivity index (χ1n) is 3.73. The van der Waals surface area contributed by atoms with Crippen molar-refractivity contribution in [3.63, 3.8) is 0 Å². The minimum absolute atomic E-state index is 0. The monoisotopic (exact) mass is 120 g/mol. The minimum Gasteiger partial charge on any atom is -0.329 e. The Balaban J connectivity index is 0. The van der Waals surface area contributed by atoms with E-state index >= 15 is 0 Å². The molecule has 0 unspecified atom stereocenters. The molecule has 0 N–H and O–H groups in total. The van der Waals surface area contributed by atoms with Crippen LogP contribution in [0.5, 0.6) is 0 Å². The summed E-state index contributed by atoms with van der Waals surface area (Å²) in [7, 11) is 0. The van der Waals surface area contributed by atoms with Gasteiger partial charge in [-0.1, -0.05) is 33.1 Å². The summed E-state index contributed by atoms with van der Waals surface area (Å²) in [6.07, 6.45) is 9.06. The summed E-state index contributed by atoms with van der Waals surface area (Å²) >= 11 is 0. The Labute approximate surface area is 71.6 Å². The van der Waals surface area contributed by atoms with E-state index in [-0.39, 0.29) is 18.9 Å². The van der Waals surface area contributed by atoms with Gasteiger partial charge < -0.3 is 6.42 Å². The van der Waals surface area contributed by atoms with E-state index in [9.17, 15) is 0 Å². The van der Waals surface area contributed by atoms with Crippen LogP contribution >= 0.6 is 0 Å². The van der Waals surface area contributed by atoms with Crippen LogP contribution in [0.2, 0.25) is 0 Å². The Hall–Kier alpha value is 0.597. The molecular weight excluding hydrogens is 103 g/mol. The van der Waals surface area contributed by atoms with Gasteiger partial charge in [-0.25, -0.2) is 0 Å². The van der Waals surface area contributed by atoms with Crippen molar-refractivity contribution in [2.24, 2.45) is 0 Å². The van der Waals surface area contributed by atoms with Gasteiger partial charge >= 0.3 is 18.9 Å². The second-order valence-electron chi connectivity index (χ2n) is 2.19. The fourth-order valence-electron chi connectivity index (χ4n) is 0.743. The summed E-state index contributed by atoms with van der Waals surface area (Å²) in [5.41, 5.74) is 0. The van der Waals surface area contributed by atoms with Crippen LogP contribution in [0.25, 0.3) is 0 Å². The molecule has 0 saturated heterocycles. The predicted octanol–water partition coefficient (Wildman–Crippen LogP) is 0.185. The van der Waals surface area contributed by atoms with Gasteiger partial charge in [0.1, 0.15) is 0 Å². The van der Waals surface area contributed by atoms with E-state index in [1.807, 2.05) is 0 Å². The van der Waals surface area contributed by atoms with Gasteiger partial charge in [0, 0.05) is 0 Å². The quantitative estimate of drug-likeness (QED) is 0.276. The molecule has 1 heteroatoms. The standard InChI is InChI=1S/C8H17.Li/c1-3-5-7-8-6-4-2;/h5H,3-4,6-8H2,1-2H3;/q-1;+1. The number of unbranched alkanes of at least 4 members (excludes halogenated alkanes) is 5. The first-order valence-corrected chi connectivity index (χ1v) is 3.73. The summed E-state index contributed by atoms with van der Waals surface area (Å²) in [5.74, 6) is 0. The summed E-state index contributed by atoms with van der Waals surface area (Å²) in [4.78, 5) is 0. The molecule has 0 fully saturated rings. The molecule has 0 aromatic rings. The third-order valence-electron chi connectivity index (χ3n) is 1.30. The molecule has 0 amide bonds. The molecule has 0 atom stereocenters. The summed E-state index contributed by atoms with van der Waals surface area (Å²) < 4.78 is 0. The zero-order valence-electron chi connectivity index (χ0n) is 7.11. The van der Waals surface area contributed by atoms with Gasteiger partial charge in [-0.05, 0) is 0 Å². The minimum atomic E-state index is 0. The van der Waals surface area contributed by atoms with E-state index in [2.05, 4.69) is 20.3 Å². The number of hydrogen-bond acceptors (Lipinski definition) is 0. The normalized spacial score (nSPS) is 8.67. The molecule has 0 radical (unpaired) electrons. The van der Waals surface area contributed by atoms with Crippen LogP contribution < -0.4 is 18.9 Å². The van der Waals surface area contributed by atoms with Crippen LogP contribution in [0.1, 0.15) is 46.0 Å². The van der Waals surface area contributed by atoms with Crippen LogP contribution in [-0.2, 0) is 0 Å². The smallest absolute Gasteiger partial charge is 0.329 e. The average Bonchev–Trinajstić information content (AvgIpc) is 1.81. The fraction of sp³-hybridized carbons (Fsp3) is 0.875. The van der Waals surface area contributed by atoms with Gasteiger partial charge in [-0.15, -0.1) is 0 Å². The van der Waals surface area contributed by atoms with Crippen molar-refractivity contribution in [2.75, 3.05) is 0 Å². The van der Waals surface area contributed by atoms with E-state index in [4.69, 9.17) is 0 Å². The molecule has 0 aromatic carbocycles. The molecule has 0 aliphatic rings. The number of hydrogen-bond donors (Lipinski definition) is 0. The van der Waals surface area contributed by atoms with E-state index < -0.39 is 0 Å². The van der Waals surface area contributed by atoms with Crippen LogP contribution in [-0.4, -0.2) is 0 Å². The first-order chi connectivity index (χ1) is 3.91. The number of rotatable bonds is 5. The maximum absolute atomic E-state index is 2.36. The SMILES string of the molecule is CC[CH-]CCCCC.[Li+]. The Morgan fingerprint density at radius 2 is 1.78 bits per heavy atom. The van der Waals surface area contributed by atoms with Crippen LogP contribution in [0, 0.1) is 6.42 Å². The largest absolute Gasteiger partial charge is 1.00 e. The second-order valence-corrected chi connectivity index (χ2v) is 2.19. The van der Waals surface area contributed by atoms with E-state index in [1.54, 1.807) is 0 Å². The molecule has 0 bridgehead atoms. The molecule has 0 aromatic heterocycles. The van der Waals surface area contributed by atoms with Crippen molar-refractivity contribution in [1.29, 1.82) is 0 Å².